The Balaban J connectivity index is 3.86. The predicted octanol–water partition coefficient (Wildman–Crippen LogP) is 0.557. The Hall–Kier alpha value is -1.30. The van der Waals surface area contributed by atoms with Crippen LogP contribution in [0.1, 0.15) is 33.6 Å². The molecule has 2 amide bonds. The molecular weight excluding hydrogens is 224 g/mol. The van der Waals surface area contributed by atoms with Gasteiger partial charge in [0.15, 0.2) is 0 Å². The Morgan fingerprint density at radius 1 is 1.35 bits per heavy atom. The van der Waals surface area contributed by atoms with Gasteiger partial charge in [0, 0.05) is 13.1 Å². The van der Waals surface area contributed by atoms with E-state index in [-0.39, 0.29) is 6.54 Å². The predicted molar refractivity (Wildman–Crippen MR) is 63.7 cm³/mol. The zero-order valence-electron chi connectivity index (χ0n) is 10.6. The lowest BCUT2D eigenvalue weighted by molar-refractivity contribution is -0.141. The number of carbonyl (C=O) groups excluding carboxylic acids is 1. The Kier molecular flexibility index (Phi) is 6.57. The molecular formula is C11H22N2O4. The van der Waals surface area contributed by atoms with Crippen molar-refractivity contribution in [1.29, 1.82) is 0 Å². The van der Waals surface area contributed by atoms with Crippen molar-refractivity contribution in [1.82, 2.24) is 10.6 Å². The van der Waals surface area contributed by atoms with Crippen LogP contribution in [0.25, 0.3) is 0 Å². The number of carboxylic acids is 1. The Bertz CT molecular complexity index is 266. The van der Waals surface area contributed by atoms with Crippen LogP contribution < -0.4 is 10.6 Å². The first kappa shape index (κ1) is 15.7. The van der Waals surface area contributed by atoms with Gasteiger partial charge in [-0.2, -0.15) is 0 Å². The molecule has 4 N–H and O–H groups in total. The van der Waals surface area contributed by atoms with Gasteiger partial charge < -0.3 is 20.8 Å². The van der Waals surface area contributed by atoms with Gasteiger partial charge >= 0.3 is 12.0 Å². The number of rotatable bonds is 7. The van der Waals surface area contributed by atoms with Crippen LogP contribution in [-0.4, -0.2) is 40.9 Å². The third-order valence-corrected chi connectivity index (χ3v) is 2.47. The molecule has 6 nitrogen and oxygen atoms in total. The highest BCUT2D eigenvalue weighted by molar-refractivity contribution is 5.74. The summed E-state index contributed by atoms with van der Waals surface area (Å²) in [7, 11) is 0. The van der Waals surface area contributed by atoms with E-state index in [9.17, 15) is 14.7 Å². The van der Waals surface area contributed by atoms with E-state index < -0.39 is 24.0 Å². The van der Waals surface area contributed by atoms with Gasteiger partial charge in [-0.1, -0.05) is 20.3 Å². The minimum Gasteiger partial charge on any atom is -0.481 e. The summed E-state index contributed by atoms with van der Waals surface area (Å²) in [5.41, 5.74) is -1.43. The van der Waals surface area contributed by atoms with Crippen LogP contribution >= 0.6 is 0 Å². The molecule has 100 valence electrons. The fraction of sp³-hybridized carbons (Fsp3) is 0.818. The van der Waals surface area contributed by atoms with Crippen molar-refractivity contribution in [3.63, 3.8) is 0 Å². The minimum atomic E-state index is -1.43. The molecule has 0 aromatic heterocycles. The topological polar surface area (TPSA) is 98.7 Å². The van der Waals surface area contributed by atoms with Gasteiger partial charge in [0.2, 0.25) is 0 Å². The van der Waals surface area contributed by atoms with Crippen molar-refractivity contribution in [2.45, 2.75) is 39.2 Å². The molecule has 2 atom stereocenters. The van der Waals surface area contributed by atoms with Gasteiger partial charge in [0.05, 0.1) is 12.0 Å². The Morgan fingerprint density at radius 2 is 1.94 bits per heavy atom. The second kappa shape index (κ2) is 7.11. The summed E-state index contributed by atoms with van der Waals surface area (Å²) in [6.45, 7) is 5.88. The summed E-state index contributed by atoms with van der Waals surface area (Å²) in [6, 6.07) is -0.393. The Labute approximate surface area is 101 Å². The van der Waals surface area contributed by atoms with E-state index in [2.05, 4.69) is 10.6 Å². The van der Waals surface area contributed by atoms with Crippen molar-refractivity contribution in [2.24, 2.45) is 5.92 Å². The van der Waals surface area contributed by atoms with Gasteiger partial charge in [-0.3, -0.25) is 4.79 Å². The van der Waals surface area contributed by atoms with Gasteiger partial charge in [0.25, 0.3) is 0 Å². The van der Waals surface area contributed by atoms with Gasteiger partial charge in [0.1, 0.15) is 0 Å². The molecule has 0 bridgehead atoms. The van der Waals surface area contributed by atoms with Crippen LogP contribution in [0.3, 0.4) is 0 Å². The standard InChI is InChI=1S/C11H22N2O4/c1-4-8(2)6-12-10(16)13-7-11(3,17)5-9(14)15/h8,17H,4-7H2,1-3H3,(H,14,15)(H2,12,13,16). The smallest absolute Gasteiger partial charge is 0.314 e. The average Bonchev–Trinajstić information content (AvgIpc) is 2.21. The summed E-state index contributed by atoms with van der Waals surface area (Å²) in [5, 5.41) is 23.3. The normalized spacial score (nSPS) is 15.8. The number of nitrogens with one attached hydrogen (secondary N) is 2. The number of aliphatic hydroxyl groups is 1. The maximum Gasteiger partial charge on any atom is 0.314 e. The highest BCUT2D eigenvalue weighted by Crippen LogP contribution is 2.07. The molecule has 0 rings (SSSR count). The van der Waals surface area contributed by atoms with Crippen LogP contribution in [0.5, 0.6) is 0 Å². The van der Waals surface area contributed by atoms with Crippen molar-refractivity contribution >= 4 is 12.0 Å². The molecule has 0 saturated heterocycles. The number of hydrogen-bond donors (Lipinski definition) is 4. The summed E-state index contributed by atoms with van der Waals surface area (Å²) in [6.07, 6.45) is 0.565. The molecule has 0 fully saturated rings. The second-order valence-electron chi connectivity index (χ2n) is 4.64. The number of urea groups is 1. The van der Waals surface area contributed by atoms with Crippen LogP contribution in [-0.2, 0) is 4.79 Å². The number of hydrogen-bond acceptors (Lipinski definition) is 3. The first-order valence-electron chi connectivity index (χ1n) is 5.72. The minimum absolute atomic E-state index is 0.0916. The van der Waals surface area contributed by atoms with Gasteiger partial charge in [-0.15, -0.1) is 0 Å². The third-order valence-electron chi connectivity index (χ3n) is 2.47. The van der Waals surface area contributed by atoms with Crippen molar-refractivity contribution in [3.05, 3.63) is 0 Å². The lowest BCUT2D eigenvalue weighted by Gasteiger charge is -2.21. The van der Waals surface area contributed by atoms with Crippen LogP contribution in [0.4, 0.5) is 4.79 Å². The first-order valence-corrected chi connectivity index (χ1v) is 5.72. The van der Waals surface area contributed by atoms with E-state index in [4.69, 9.17) is 5.11 Å². The van der Waals surface area contributed by atoms with E-state index in [1.54, 1.807) is 0 Å². The number of amides is 2. The van der Waals surface area contributed by atoms with Crippen molar-refractivity contribution in [3.8, 4) is 0 Å². The highest BCUT2D eigenvalue weighted by Gasteiger charge is 2.24. The summed E-state index contributed by atoms with van der Waals surface area (Å²) >= 11 is 0. The zero-order valence-corrected chi connectivity index (χ0v) is 10.6. The van der Waals surface area contributed by atoms with Crippen molar-refractivity contribution < 1.29 is 19.8 Å². The molecule has 0 aromatic carbocycles. The van der Waals surface area contributed by atoms with Crippen LogP contribution in [0.2, 0.25) is 0 Å². The first-order chi connectivity index (χ1) is 7.76. The van der Waals surface area contributed by atoms with E-state index in [1.165, 1.54) is 6.92 Å². The number of aliphatic carboxylic acids is 1. The molecule has 0 aliphatic heterocycles. The molecule has 0 radical (unpaired) electrons. The molecule has 0 aliphatic rings. The lowest BCUT2D eigenvalue weighted by Crippen LogP contribution is -2.46. The molecule has 0 aromatic rings. The molecule has 17 heavy (non-hydrogen) atoms. The van der Waals surface area contributed by atoms with E-state index in [0.29, 0.717) is 12.5 Å². The van der Waals surface area contributed by atoms with Gasteiger partial charge in [-0.05, 0) is 12.8 Å². The maximum atomic E-state index is 11.3. The third kappa shape index (κ3) is 8.50. The fourth-order valence-corrected chi connectivity index (χ4v) is 1.13. The molecule has 6 heteroatoms. The summed E-state index contributed by atoms with van der Waals surface area (Å²) < 4.78 is 0. The lowest BCUT2D eigenvalue weighted by atomic mass is 10.0. The van der Waals surface area contributed by atoms with Gasteiger partial charge in [-0.25, -0.2) is 4.79 Å². The largest absolute Gasteiger partial charge is 0.481 e. The SMILES string of the molecule is CCC(C)CNC(=O)NCC(C)(O)CC(=O)O. The maximum absolute atomic E-state index is 11.3. The highest BCUT2D eigenvalue weighted by atomic mass is 16.4. The number of carbonyl (C=O) groups is 2. The monoisotopic (exact) mass is 246 g/mol. The van der Waals surface area contributed by atoms with Crippen LogP contribution in [0.15, 0.2) is 0 Å². The summed E-state index contributed by atoms with van der Waals surface area (Å²) in [5.74, 6) is -0.711. The van der Waals surface area contributed by atoms with Crippen LogP contribution in [0, 0.1) is 5.92 Å². The van der Waals surface area contributed by atoms with E-state index >= 15 is 0 Å². The van der Waals surface area contributed by atoms with E-state index in [1.807, 2.05) is 13.8 Å². The molecule has 0 spiro atoms. The average molecular weight is 246 g/mol. The molecule has 0 aliphatic carbocycles. The van der Waals surface area contributed by atoms with Crippen molar-refractivity contribution in [2.75, 3.05) is 13.1 Å². The quantitative estimate of drug-likeness (QED) is 0.527. The summed E-state index contributed by atoms with van der Waals surface area (Å²) in [4.78, 5) is 21.7. The molecule has 0 saturated carbocycles. The zero-order chi connectivity index (χ0) is 13.5. The molecule has 2 unspecified atom stereocenters. The van der Waals surface area contributed by atoms with E-state index in [0.717, 1.165) is 6.42 Å². The second-order valence-corrected chi connectivity index (χ2v) is 4.64. The molecule has 0 heterocycles. The number of carboxylic acid groups (broad SMARTS) is 1. The fourth-order valence-electron chi connectivity index (χ4n) is 1.13. The Morgan fingerprint density at radius 3 is 2.41 bits per heavy atom.